The van der Waals surface area contributed by atoms with Crippen molar-refractivity contribution in [1.29, 1.82) is 0 Å². The summed E-state index contributed by atoms with van der Waals surface area (Å²) in [4.78, 5) is 17.1. The van der Waals surface area contributed by atoms with Gasteiger partial charge in [-0.15, -0.1) is 0 Å². The summed E-state index contributed by atoms with van der Waals surface area (Å²) in [5.74, 6) is 0.541. The molecule has 0 unspecified atom stereocenters. The van der Waals surface area contributed by atoms with Crippen molar-refractivity contribution in [2.24, 2.45) is 5.92 Å². The van der Waals surface area contributed by atoms with Gasteiger partial charge in [0.1, 0.15) is 5.82 Å². The molecule has 1 N–H and O–H groups in total. The van der Waals surface area contributed by atoms with E-state index >= 15 is 0 Å². The standard InChI is InChI=1S/C15H22N2O2/c1-11(2)10-17(12(3)4)14-7-5-13(9-16-14)6-8-15(18)19/h5-9,11-12H,10H2,1-4H3,(H,18,19)/b8-6+. The van der Waals surface area contributed by atoms with Crippen LogP contribution in [0.3, 0.4) is 0 Å². The minimum atomic E-state index is -0.951. The number of hydrogen-bond donors (Lipinski definition) is 1. The molecule has 4 heteroatoms. The van der Waals surface area contributed by atoms with E-state index in [0.29, 0.717) is 12.0 Å². The molecule has 1 aromatic heterocycles. The van der Waals surface area contributed by atoms with Crippen molar-refractivity contribution in [2.75, 3.05) is 11.4 Å². The summed E-state index contributed by atoms with van der Waals surface area (Å²) in [6, 6.07) is 4.21. The number of carboxylic acids is 1. The quantitative estimate of drug-likeness (QED) is 0.801. The van der Waals surface area contributed by atoms with Crippen molar-refractivity contribution < 1.29 is 9.90 Å². The fraction of sp³-hybridized carbons (Fsp3) is 0.467. The number of aliphatic carboxylic acids is 1. The molecule has 1 aromatic rings. The largest absolute Gasteiger partial charge is 0.478 e. The van der Waals surface area contributed by atoms with Gasteiger partial charge in [-0.3, -0.25) is 0 Å². The molecule has 0 saturated heterocycles. The Balaban J connectivity index is 2.86. The summed E-state index contributed by atoms with van der Waals surface area (Å²) in [7, 11) is 0. The van der Waals surface area contributed by atoms with Crippen molar-refractivity contribution in [1.82, 2.24) is 4.98 Å². The predicted molar refractivity (Wildman–Crippen MR) is 78.2 cm³/mol. The fourth-order valence-electron chi connectivity index (χ4n) is 1.80. The van der Waals surface area contributed by atoms with E-state index in [9.17, 15) is 4.79 Å². The van der Waals surface area contributed by atoms with Gasteiger partial charge in [0.2, 0.25) is 0 Å². The van der Waals surface area contributed by atoms with Crippen LogP contribution in [0.5, 0.6) is 0 Å². The summed E-state index contributed by atoms with van der Waals surface area (Å²) in [5, 5.41) is 8.57. The Bertz CT molecular complexity index is 436. The first kappa shape index (κ1) is 15.2. The molecule has 0 spiro atoms. The topological polar surface area (TPSA) is 53.4 Å². The molecular weight excluding hydrogens is 240 g/mol. The summed E-state index contributed by atoms with van der Waals surface area (Å²) in [6.07, 6.45) is 4.36. The molecule has 0 amide bonds. The number of rotatable bonds is 6. The van der Waals surface area contributed by atoms with E-state index in [1.54, 1.807) is 12.3 Å². The second-order valence-corrected chi connectivity index (χ2v) is 5.26. The van der Waals surface area contributed by atoms with Gasteiger partial charge in [0, 0.05) is 24.9 Å². The Morgan fingerprint density at radius 1 is 1.37 bits per heavy atom. The van der Waals surface area contributed by atoms with Crippen LogP contribution in [-0.2, 0) is 4.79 Å². The second kappa shape index (κ2) is 6.92. The van der Waals surface area contributed by atoms with Crippen LogP contribution in [0.25, 0.3) is 6.08 Å². The van der Waals surface area contributed by atoms with Gasteiger partial charge in [0.15, 0.2) is 0 Å². The molecule has 0 aliphatic heterocycles. The second-order valence-electron chi connectivity index (χ2n) is 5.26. The van der Waals surface area contributed by atoms with E-state index in [1.807, 2.05) is 12.1 Å². The lowest BCUT2D eigenvalue weighted by Gasteiger charge is -2.29. The Labute approximate surface area is 114 Å². The average Bonchev–Trinajstić information content (AvgIpc) is 2.33. The van der Waals surface area contributed by atoms with Gasteiger partial charge in [-0.05, 0) is 43.5 Å². The molecule has 0 fully saturated rings. The van der Waals surface area contributed by atoms with Gasteiger partial charge in [-0.25, -0.2) is 9.78 Å². The number of pyridine rings is 1. The predicted octanol–water partition coefficient (Wildman–Crippen LogP) is 3.05. The van der Waals surface area contributed by atoms with Gasteiger partial charge in [-0.2, -0.15) is 0 Å². The summed E-state index contributed by atoms with van der Waals surface area (Å²) in [5.41, 5.74) is 0.791. The molecule has 19 heavy (non-hydrogen) atoms. The molecule has 0 aromatic carbocycles. The normalized spacial score (nSPS) is 11.5. The number of carboxylic acid groups (broad SMARTS) is 1. The SMILES string of the molecule is CC(C)CN(c1ccc(/C=C/C(=O)O)cn1)C(C)C. The van der Waals surface area contributed by atoms with Crippen LogP contribution in [0, 0.1) is 5.92 Å². The van der Waals surface area contributed by atoms with Crippen LogP contribution in [0.2, 0.25) is 0 Å². The summed E-state index contributed by atoms with van der Waals surface area (Å²) >= 11 is 0. The highest BCUT2D eigenvalue weighted by Gasteiger charge is 2.12. The molecular formula is C15H22N2O2. The molecule has 0 saturated carbocycles. The van der Waals surface area contributed by atoms with Gasteiger partial charge < -0.3 is 10.0 Å². The fourth-order valence-corrected chi connectivity index (χ4v) is 1.80. The van der Waals surface area contributed by atoms with E-state index in [2.05, 4.69) is 37.6 Å². The molecule has 0 aliphatic carbocycles. The molecule has 4 nitrogen and oxygen atoms in total. The number of anilines is 1. The first-order valence-electron chi connectivity index (χ1n) is 6.54. The first-order chi connectivity index (χ1) is 8.90. The average molecular weight is 262 g/mol. The van der Waals surface area contributed by atoms with Gasteiger partial charge in [-0.1, -0.05) is 13.8 Å². The van der Waals surface area contributed by atoms with E-state index < -0.39 is 5.97 Å². The van der Waals surface area contributed by atoms with Crippen molar-refractivity contribution in [3.05, 3.63) is 30.0 Å². The molecule has 0 bridgehead atoms. The van der Waals surface area contributed by atoms with Crippen LogP contribution in [-0.4, -0.2) is 28.6 Å². The number of carbonyl (C=O) groups is 1. The zero-order valence-electron chi connectivity index (χ0n) is 12.0. The smallest absolute Gasteiger partial charge is 0.328 e. The first-order valence-corrected chi connectivity index (χ1v) is 6.54. The van der Waals surface area contributed by atoms with Crippen molar-refractivity contribution in [2.45, 2.75) is 33.7 Å². The van der Waals surface area contributed by atoms with Crippen LogP contribution in [0.4, 0.5) is 5.82 Å². The maximum Gasteiger partial charge on any atom is 0.328 e. The Morgan fingerprint density at radius 3 is 2.47 bits per heavy atom. The Kier molecular flexibility index (Phi) is 5.55. The monoisotopic (exact) mass is 262 g/mol. The molecule has 1 heterocycles. The van der Waals surface area contributed by atoms with Crippen LogP contribution < -0.4 is 4.90 Å². The molecule has 0 radical (unpaired) electrons. The van der Waals surface area contributed by atoms with Crippen LogP contribution in [0.15, 0.2) is 24.4 Å². The highest BCUT2D eigenvalue weighted by Crippen LogP contribution is 2.16. The van der Waals surface area contributed by atoms with Crippen molar-refractivity contribution >= 4 is 17.9 Å². The van der Waals surface area contributed by atoms with E-state index in [-0.39, 0.29) is 0 Å². The van der Waals surface area contributed by atoms with Gasteiger partial charge in [0.05, 0.1) is 0 Å². The minimum Gasteiger partial charge on any atom is -0.478 e. The van der Waals surface area contributed by atoms with E-state index in [1.165, 1.54) is 0 Å². The lowest BCUT2D eigenvalue weighted by Crippen LogP contribution is -2.34. The van der Waals surface area contributed by atoms with Crippen molar-refractivity contribution in [3.63, 3.8) is 0 Å². The van der Waals surface area contributed by atoms with Crippen molar-refractivity contribution in [3.8, 4) is 0 Å². The van der Waals surface area contributed by atoms with E-state index in [0.717, 1.165) is 24.0 Å². The molecule has 1 rings (SSSR count). The third kappa shape index (κ3) is 5.12. The van der Waals surface area contributed by atoms with E-state index in [4.69, 9.17) is 5.11 Å². The van der Waals surface area contributed by atoms with Crippen LogP contribution >= 0.6 is 0 Å². The lowest BCUT2D eigenvalue weighted by atomic mass is 10.1. The minimum absolute atomic E-state index is 0.385. The third-order valence-corrected chi connectivity index (χ3v) is 2.67. The van der Waals surface area contributed by atoms with Gasteiger partial charge >= 0.3 is 5.97 Å². The lowest BCUT2D eigenvalue weighted by molar-refractivity contribution is -0.131. The maximum absolute atomic E-state index is 10.4. The zero-order valence-corrected chi connectivity index (χ0v) is 12.0. The Hall–Kier alpha value is -1.84. The highest BCUT2D eigenvalue weighted by atomic mass is 16.4. The van der Waals surface area contributed by atoms with Crippen LogP contribution in [0.1, 0.15) is 33.3 Å². The molecule has 0 aliphatic rings. The summed E-state index contributed by atoms with van der Waals surface area (Å²) in [6.45, 7) is 9.60. The number of nitrogens with zero attached hydrogens (tertiary/aromatic N) is 2. The Morgan fingerprint density at radius 2 is 2.05 bits per heavy atom. The summed E-state index contributed by atoms with van der Waals surface area (Å²) < 4.78 is 0. The molecule has 104 valence electrons. The number of hydrogen-bond acceptors (Lipinski definition) is 3. The number of aromatic nitrogens is 1. The van der Waals surface area contributed by atoms with Gasteiger partial charge in [0.25, 0.3) is 0 Å². The zero-order chi connectivity index (χ0) is 14.4. The maximum atomic E-state index is 10.4. The highest BCUT2D eigenvalue weighted by molar-refractivity contribution is 5.85. The molecule has 0 atom stereocenters. The third-order valence-electron chi connectivity index (χ3n) is 2.67.